The van der Waals surface area contributed by atoms with E-state index in [1.807, 2.05) is 0 Å². The Kier molecular flexibility index (Phi) is 70.7. The van der Waals surface area contributed by atoms with Gasteiger partial charge in [-0.3, -0.25) is 9.59 Å². The number of esters is 2. The van der Waals surface area contributed by atoms with Crippen molar-refractivity contribution in [3.63, 3.8) is 0 Å². The number of aliphatic hydroxyl groups excluding tert-OH is 1. The lowest BCUT2D eigenvalue weighted by molar-refractivity contribution is -0.161. The van der Waals surface area contributed by atoms with Crippen molar-refractivity contribution in [1.29, 1.82) is 0 Å². The maximum atomic E-state index is 12.4. The Bertz CT molecular complexity index is 1390. The fourth-order valence-electron chi connectivity index (χ4n) is 11.2. The molecule has 0 aromatic heterocycles. The van der Waals surface area contributed by atoms with E-state index in [1.165, 1.54) is 315 Å². The van der Waals surface area contributed by atoms with Gasteiger partial charge in [0.2, 0.25) is 0 Å². The molecule has 0 fully saturated rings. The van der Waals surface area contributed by atoms with Gasteiger partial charge < -0.3 is 14.6 Å². The third kappa shape index (κ3) is 70.1. The highest BCUT2D eigenvalue weighted by Crippen LogP contribution is 2.19. The largest absolute Gasteiger partial charge is 0.462 e. The number of hydrogen-bond donors (Lipinski definition) is 1. The molecule has 0 radical (unpaired) electrons. The molecule has 1 N–H and O–H groups in total. The molecule has 0 rings (SSSR count). The molecule has 0 aliphatic rings. The first-order valence-electron chi connectivity index (χ1n) is 36.8. The van der Waals surface area contributed by atoms with Crippen LogP contribution in [0.3, 0.4) is 0 Å². The number of allylic oxidation sites excluding steroid dienone is 10. The van der Waals surface area contributed by atoms with E-state index in [-0.39, 0.29) is 25.2 Å². The Morgan fingerprint density at radius 3 is 0.732 bits per heavy atom. The Labute approximate surface area is 512 Å². The van der Waals surface area contributed by atoms with Crippen molar-refractivity contribution in [3.05, 3.63) is 60.8 Å². The number of unbranched alkanes of at least 4 members (excludes halogenated alkanes) is 51. The average molecular weight is 1150 g/mol. The van der Waals surface area contributed by atoms with Crippen molar-refractivity contribution in [3.8, 4) is 0 Å². The fraction of sp³-hybridized carbons (Fsp3) is 0.844. The number of ether oxygens (including phenoxy) is 2. The standard InChI is InChI=1S/C77H142O5/c1-3-5-7-9-11-13-15-17-19-21-23-25-27-29-31-33-34-35-36-37-38-39-40-41-42-44-45-47-49-51-53-55-57-59-61-63-65-67-69-71-76(79)81-74-75(73-78)82-77(80)72-70-68-66-64-62-60-58-56-54-52-50-48-46-43-32-30-28-26-24-22-20-18-16-14-12-10-8-6-4-2/h15-18,21-24,28,30,75,78H,3-14,19-20,25-27,29,31-74H2,1-2H3/b17-15-,18-16-,23-21-,24-22-,30-28-. The minimum Gasteiger partial charge on any atom is -0.462 e. The highest BCUT2D eigenvalue weighted by atomic mass is 16.6. The molecule has 0 spiro atoms. The van der Waals surface area contributed by atoms with E-state index in [0.29, 0.717) is 12.8 Å². The van der Waals surface area contributed by atoms with Crippen molar-refractivity contribution in [2.75, 3.05) is 13.2 Å². The first-order chi connectivity index (χ1) is 40.6. The number of carbonyl (C=O) groups excluding carboxylic acids is 2. The molecule has 0 bridgehead atoms. The van der Waals surface area contributed by atoms with Gasteiger partial charge in [-0.1, -0.05) is 364 Å². The molecule has 480 valence electrons. The van der Waals surface area contributed by atoms with Gasteiger partial charge in [0, 0.05) is 12.8 Å². The first kappa shape index (κ1) is 79.6. The van der Waals surface area contributed by atoms with E-state index >= 15 is 0 Å². The van der Waals surface area contributed by atoms with Crippen molar-refractivity contribution in [1.82, 2.24) is 0 Å². The molecule has 0 aromatic rings. The lowest BCUT2D eigenvalue weighted by atomic mass is 10.0. The van der Waals surface area contributed by atoms with Gasteiger partial charge in [0.1, 0.15) is 6.61 Å². The fourth-order valence-corrected chi connectivity index (χ4v) is 11.2. The summed E-state index contributed by atoms with van der Waals surface area (Å²) in [6.45, 7) is 4.17. The molecule has 0 aliphatic heterocycles. The summed E-state index contributed by atoms with van der Waals surface area (Å²) < 4.78 is 10.8. The molecule has 5 heteroatoms. The van der Waals surface area contributed by atoms with E-state index < -0.39 is 6.10 Å². The quantitative estimate of drug-likeness (QED) is 0.0373. The van der Waals surface area contributed by atoms with E-state index in [9.17, 15) is 14.7 Å². The van der Waals surface area contributed by atoms with Crippen LogP contribution in [0.5, 0.6) is 0 Å². The smallest absolute Gasteiger partial charge is 0.306 e. The molecule has 0 amide bonds. The van der Waals surface area contributed by atoms with Crippen LogP contribution in [0.1, 0.15) is 399 Å². The minimum atomic E-state index is -0.773. The molecular formula is C77H142O5. The Morgan fingerprint density at radius 2 is 0.488 bits per heavy atom. The van der Waals surface area contributed by atoms with E-state index in [4.69, 9.17) is 9.47 Å². The highest BCUT2D eigenvalue weighted by Gasteiger charge is 2.16. The molecule has 0 aromatic carbocycles. The Hall–Kier alpha value is -2.40. The molecule has 82 heavy (non-hydrogen) atoms. The topological polar surface area (TPSA) is 72.8 Å². The van der Waals surface area contributed by atoms with Gasteiger partial charge in [-0.2, -0.15) is 0 Å². The number of aliphatic hydroxyl groups is 1. The Balaban J connectivity index is 3.39. The van der Waals surface area contributed by atoms with Gasteiger partial charge in [0.15, 0.2) is 6.10 Å². The zero-order valence-electron chi connectivity index (χ0n) is 55.3. The van der Waals surface area contributed by atoms with Crippen LogP contribution in [0.2, 0.25) is 0 Å². The molecule has 1 atom stereocenters. The lowest BCUT2D eigenvalue weighted by Crippen LogP contribution is -2.28. The van der Waals surface area contributed by atoms with Crippen LogP contribution >= 0.6 is 0 Å². The van der Waals surface area contributed by atoms with E-state index in [1.54, 1.807) is 0 Å². The molecule has 0 aliphatic carbocycles. The summed E-state index contributed by atoms with van der Waals surface area (Å²) in [6.07, 6.45) is 99.9. The van der Waals surface area contributed by atoms with E-state index in [2.05, 4.69) is 74.6 Å². The molecule has 0 saturated carbocycles. The highest BCUT2D eigenvalue weighted by molar-refractivity contribution is 5.70. The second kappa shape index (κ2) is 72.9. The monoisotopic (exact) mass is 1150 g/mol. The van der Waals surface area contributed by atoms with Crippen molar-refractivity contribution in [2.45, 2.75) is 405 Å². The number of hydrogen-bond acceptors (Lipinski definition) is 5. The first-order valence-corrected chi connectivity index (χ1v) is 36.8. The maximum absolute atomic E-state index is 12.4. The third-order valence-electron chi connectivity index (χ3n) is 16.8. The van der Waals surface area contributed by atoms with Crippen LogP contribution in [0.4, 0.5) is 0 Å². The molecule has 5 nitrogen and oxygen atoms in total. The van der Waals surface area contributed by atoms with Crippen LogP contribution in [0.25, 0.3) is 0 Å². The third-order valence-corrected chi connectivity index (χ3v) is 16.8. The normalized spacial score (nSPS) is 12.5. The molecule has 0 heterocycles. The summed E-state index contributed by atoms with van der Waals surface area (Å²) in [4.78, 5) is 24.7. The average Bonchev–Trinajstić information content (AvgIpc) is 3.49. The predicted molar refractivity (Wildman–Crippen MR) is 362 cm³/mol. The lowest BCUT2D eigenvalue weighted by Gasteiger charge is -2.15. The van der Waals surface area contributed by atoms with Crippen LogP contribution in [-0.4, -0.2) is 36.4 Å². The molecular weight excluding hydrogens is 1000 g/mol. The molecule has 1 unspecified atom stereocenters. The van der Waals surface area contributed by atoms with Gasteiger partial charge in [-0.05, 0) is 83.5 Å². The second-order valence-electron chi connectivity index (χ2n) is 25.0. The van der Waals surface area contributed by atoms with Gasteiger partial charge >= 0.3 is 11.9 Å². The van der Waals surface area contributed by atoms with Crippen LogP contribution in [0, 0.1) is 0 Å². The van der Waals surface area contributed by atoms with Crippen molar-refractivity contribution >= 4 is 11.9 Å². The predicted octanol–water partition coefficient (Wildman–Crippen LogP) is 25.7. The summed E-state index contributed by atoms with van der Waals surface area (Å²) in [6, 6.07) is 0. The van der Waals surface area contributed by atoms with Gasteiger partial charge in [0.05, 0.1) is 6.61 Å². The summed E-state index contributed by atoms with van der Waals surface area (Å²) in [5, 5.41) is 9.71. The van der Waals surface area contributed by atoms with Gasteiger partial charge in [-0.25, -0.2) is 0 Å². The van der Waals surface area contributed by atoms with Crippen LogP contribution < -0.4 is 0 Å². The summed E-state index contributed by atoms with van der Waals surface area (Å²) >= 11 is 0. The zero-order valence-corrected chi connectivity index (χ0v) is 55.3. The maximum Gasteiger partial charge on any atom is 0.306 e. The number of rotatable bonds is 69. The van der Waals surface area contributed by atoms with E-state index in [0.717, 1.165) is 57.8 Å². The molecule has 0 saturated heterocycles. The van der Waals surface area contributed by atoms with Crippen molar-refractivity contribution < 1.29 is 24.2 Å². The summed E-state index contributed by atoms with van der Waals surface area (Å²) in [5.41, 5.74) is 0. The zero-order chi connectivity index (χ0) is 59.1. The SMILES string of the molecule is CCCCCCC/C=C\C/C=C\C/C=C\CCCCCCCCCCCCCCCCC(=O)OC(CO)COC(=O)CCCCCCCCCCCCCCCCCCCCCCCCCCCCC/C=C\C/C=C\CCCCCCC. The second-order valence-corrected chi connectivity index (χ2v) is 25.0. The summed E-state index contributed by atoms with van der Waals surface area (Å²) in [5.74, 6) is -0.571. The van der Waals surface area contributed by atoms with Crippen molar-refractivity contribution in [2.24, 2.45) is 0 Å². The van der Waals surface area contributed by atoms with Crippen LogP contribution in [-0.2, 0) is 19.1 Å². The van der Waals surface area contributed by atoms with Gasteiger partial charge in [0.25, 0.3) is 0 Å². The minimum absolute atomic E-state index is 0.0620. The number of carbonyl (C=O) groups is 2. The van der Waals surface area contributed by atoms with Gasteiger partial charge in [-0.15, -0.1) is 0 Å². The summed E-state index contributed by atoms with van der Waals surface area (Å²) in [7, 11) is 0. The Morgan fingerprint density at radius 1 is 0.280 bits per heavy atom. The van der Waals surface area contributed by atoms with Crippen LogP contribution in [0.15, 0.2) is 60.8 Å².